The van der Waals surface area contributed by atoms with Crippen LogP contribution in [-0.4, -0.2) is 16.8 Å². The Labute approximate surface area is 177 Å². The normalized spacial score (nSPS) is 10.4. The van der Waals surface area contributed by atoms with Crippen molar-refractivity contribution >= 4 is 34.8 Å². The van der Waals surface area contributed by atoms with Crippen LogP contribution in [0.5, 0.6) is 0 Å². The fraction of sp³-hybridized carbons (Fsp3) is 0. The average molecular weight is 418 g/mol. The topological polar surface area (TPSA) is 84.2 Å². The van der Waals surface area contributed by atoms with Crippen LogP contribution in [0.15, 0.2) is 89.5 Å². The molecular formula is C23H16ClN3O3. The monoisotopic (exact) mass is 417 g/mol. The summed E-state index contributed by atoms with van der Waals surface area (Å²) < 4.78 is 5.65. The molecule has 30 heavy (non-hydrogen) atoms. The molecule has 0 atom stereocenters. The largest absolute Gasteiger partial charge is 0.451 e. The van der Waals surface area contributed by atoms with Gasteiger partial charge in [-0.3, -0.25) is 14.6 Å². The molecule has 0 saturated carbocycles. The van der Waals surface area contributed by atoms with Crippen LogP contribution in [0.4, 0.5) is 11.4 Å². The van der Waals surface area contributed by atoms with Crippen LogP contribution in [0.2, 0.25) is 5.02 Å². The minimum absolute atomic E-state index is 0.164. The van der Waals surface area contributed by atoms with Crippen molar-refractivity contribution < 1.29 is 14.0 Å². The van der Waals surface area contributed by atoms with Gasteiger partial charge in [0.25, 0.3) is 11.8 Å². The highest BCUT2D eigenvalue weighted by Gasteiger charge is 2.15. The van der Waals surface area contributed by atoms with Crippen molar-refractivity contribution in [2.75, 3.05) is 10.6 Å². The second-order valence-electron chi connectivity index (χ2n) is 6.35. The SMILES string of the molecule is O=C(Nc1ccc(NC(=O)c2ccc(-c3ccccc3)o2)c(Cl)c1)c1ccccn1. The molecular weight excluding hydrogens is 402 g/mol. The minimum Gasteiger partial charge on any atom is -0.451 e. The van der Waals surface area contributed by atoms with Crippen LogP contribution < -0.4 is 10.6 Å². The number of pyridine rings is 1. The molecule has 2 aromatic carbocycles. The van der Waals surface area contributed by atoms with Gasteiger partial charge in [0.2, 0.25) is 0 Å². The molecule has 4 rings (SSSR count). The zero-order chi connectivity index (χ0) is 20.9. The average Bonchev–Trinajstić information content (AvgIpc) is 3.27. The number of aromatic nitrogens is 1. The Kier molecular flexibility index (Phi) is 5.59. The zero-order valence-electron chi connectivity index (χ0n) is 15.6. The predicted molar refractivity (Wildman–Crippen MR) is 116 cm³/mol. The Morgan fingerprint density at radius 3 is 2.37 bits per heavy atom. The predicted octanol–water partition coefficient (Wildman–Crippen LogP) is 5.50. The van der Waals surface area contributed by atoms with Crippen LogP contribution in [0, 0.1) is 0 Å². The molecule has 2 heterocycles. The number of anilines is 2. The van der Waals surface area contributed by atoms with E-state index in [9.17, 15) is 9.59 Å². The molecule has 6 nitrogen and oxygen atoms in total. The Morgan fingerprint density at radius 1 is 0.833 bits per heavy atom. The molecule has 0 radical (unpaired) electrons. The Morgan fingerprint density at radius 2 is 1.63 bits per heavy atom. The highest BCUT2D eigenvalue weighted by molar-refractivity contribution is 6.34. The van der Waals surface area contributed by atoms with E-state index in [0.717, 1.165) is 5.56 Å². The van der Waals surface area contributed by atoms with Gasteiger partial charge in [-0.05, 0) is 42.5 Å². The van der Waals surface area contributed by atoms with E-state index in [0.29, 0.717) is 17.1 Å². The van der Waals surface area contributed by atoms with Crippen LogP contribution in [0.3, 0.4) is 0 Å². The molecule has 2 N–H and O–H groups in total. The fourth-order valence-corrected chi connectivity index (χ4v) is 3.02. The number of nitrogens with one attached hydrogen (secondary N) is 2. The molecule has 0 spiro atoms. The molecule has 0 aliphatic rings. The van der Waals surface area contributed by atoms with Crippen molar-refractivity contribution in [2.45, 2.75) is 0 Å². The summed E-state index contributed by atoms with van der Waals surface area (Å²) in [5.41, 5.74) is 2.05. The molecule has 0 aliphatic heterocycles. The van der Waals surface area contributed by atoms with Gasteiger partial charge in [0, 0.05) is 17.4 Å². The van der Waals surface area contributed by atoms with Crippen molar-refractivity contribution in [3.63, 3.8) is 0 Å². The second kappa shape index (κ2) is 8.63. The molecule has 2 aromatic heterocycles. The lowest BCUT2D eigenvalue weighted by Gasteiger charge is -2.09. The van der Waals surface area contributed by atoms with Gasteiger partial charge in [-0.15, -0.1) is 0 Å². The standard InChI is InChI=1S/C23H16ClN3O3/c24-17-14-16(26-22(28)19-8-4-5-13-25-19)9-10-18(17)27-23(29)21-12-11-20(30-21)15-6-2-1-3-7-15/h1-14H,(H,26,28)(H,27,29). The van der Waals surface area contributed by atoms with Crippen LogP contribution >= 0.6 is 11.6 Å². The summed E-state index contributed by atoms with van der Waals surface area (Å²) >= 11 is 6.28. The van der Waals surface area contributed by atoms with Crippen LogP contribution in [0.1, 0.15) is 21.0 Å². The number of carbonyl (C=O) groups is 2. The maximum absolute atomic E-state index is 12.5. The Hall–Kier alpha value is -3.90. The summed E-state index contributed by atoms with van der Waals surface area (Å²) in [6.07, 6.45) is 1.54. The van der Waals surface area contributed by atoms with Crippen molar-refractivity contribution in [2.24, 2.45) is 0 Å². The molecule has 0 bridgehead atoms. The van der Waals surface area contributed by atoms with Crippen molar-refractivity contribution in [3.8, 4) is 11.3 Å². The number of hydrogen-bond acceptors (Lipinski definition) is 4. The molecule has 7 heteroatoms. The van der Waals surface area contributed by atoms with E-state index in [2.05, 4.69) is 15.6 Å². The van der Waals surface area contributed by atoms with E-state index in [1.54, 1.807) is 54.7 Å². The molecule has 0 saturated heterocycles. The summed E-state index contributed by atoms with van der Waals surface area (Å²) in [4.78, 5) is 28.7. The highest BCUT2D eigenvalue weighted by atomic mass is 35.5. The van der Waals surface area contributed by atoms with Crippen molar-refractivity contribution in [1.29, 1.82) is 0 Å². The number of amides is 2. The molecule has 4 aromatic rings. The first-order chi connectivity index (χ1) is 14.6. The van der Waals surface area contributed by atoms with Gasteiger partial charge >= 0.3 is 0 Å². The first-order valence-corrected chi connectivity index (χ1v) is 9.46. The summed E-state index contributed by atoms with van der Waals surface area (Å²) in [5.74, 6) is -0.0197. The minimum atomic E-state index is -0.427. The first-order valence-electron chi connectivity index (χ1n) is 9.09. The number of carbonyl (C=O) groups excluding carboxylic acids is 2. The third-order valence-corrected chi connectivity index (χ3v) is 4.57. The molecule has 2 amide bonds. The maximum atomic E-state index is 12.5. The van der Waals surface area contributed by atoms with Gasteiger partial charge in [-0.2, -0.15) is 0 Å². The molecule has 0 unspecified atom stereocenters. The quantitative estimate of drug-likeness (QED) is 0.449. The van der Waals surface area contributed by atoms with Gasteiger partial charge < -0.3 is 15.1 Å². The third kappa shape index (κ3) is 4.39. The molecule has 148 valence electrons. The lowest BCUT2D eigenvalue weighted by Crippen LogP contribution is -2.14. The third-order valence-electron chi connectivity index (χ3n) is 4.26. The number of nitrogens with zero attached hydrogens (tertiary/aromatic N) is 1. The van der Waals surface area contributed by atoms with E-state index in [1.807, 2.05) is 30.3 Å². The van der Waals surface area contributed by atoms with Crippen LogP contribution in [0.25, 0.3) is 11.3 Å². The Bertz CT molecular complexity index is 1190. The second-order valence-corrected chi connectivity index (χ2v) is 6.75. The summed E-state index contributed by atoms with van der Waals surface area (Å²) in [5, 5.41) is 5.70. The number of hydrogen-bond donors (Lipinski definition) is 2. The van der Waals surface area contributed by atoms with E-state index in [4.69, 9.17) is 16.0 Å². The van der Waals surface area contributed by atoms with E-state index in [1.165, 1.54) is 0 Å². The summed E-state index contributed by atoms with van der Waals surface area (Å²) in [6.45, 7) is 0. The number of furan rings is 1. The van der Waals surface area contributed by atoms with Gasteiger partial charge in [-0.25, -0.2) is 0 Å². The number of benzene rings is 2. The molecule has 0 aliphatic carbocycles. The van der Waals surface area contributed by atoms with Gasteiger partial charge in [0.05, 0.1) is 10.7 Å². The first kappa shape index (κ1) is 19.4. The summed E-state index contributed by atoms with van der Waals surface area (Å²) in [7, 11) is 0. The number of halogens is 1. The Balaban J connectivity index is 1.44. The highest BCUT2D eigenvalue weighted by Crippen LogP contribution is 2.27. The van der Waals surface area contributed by atoms with Gasteiger partial charge in [0.15, 0.2) is 5.76 Å². The smallest absolute Gasteiger partial charge is 0.291 e. The van der Waals surface area contributed by atoms with Gasteiger partial charge in [-0.1, -0.05) is 48.0 Å². The number of rotatable bonds is 5. The van der Waals surface area contributed by atoms with Gasteiger partial charge in [0.1, 0.15) is 11.5 Å². The fourth-order valence-electron chi connectivity index (χ4n) is 2.79. The van der Waals surface area contributed by atoms with E-state index >= 15 is 0 Å². The zero-order valence-corrected chi connectivity index (χ0v) is 16.4. The van der Waals surface area contributed by atoms with Crippen LogP contribution in [-0.2, 0) is 0 Å². The summed E-state index contributed by atoms with van der Waals surface area (Å²) in [6, 6.07) is 22.7. The van der Waals surface area contributed by atoms with Crippen molar-refractivity contribution in [3.05, 3.63) is 102 Å². The molecule has 0 fully saturated rings. The lowest BCUT2D eigenvalue weighted by atomic mass is 10.2. The van der Waals surface area contributed by atoms with E-state index in [-0.39, 0.29) is 22.4 Å². The van der Waals surface area contributed by atoms with E-state index < -0.39 is 5.91 Å². The maximum Gasteiger partial charge on any atom is 0.291 e. The van der Waals surface area contributed by atoms with Crippen molar-refractivity contribution in [1.82, 2.24) is 4.98 Å². The lowest BCUT2D eigenvalue weighted by molar-refractivity contribution is 0.0994.